The highest BCUT2D eigenvalue weighted by atomic mass is 31.1. The molecule has 31 heavy (non-hydrogen) atoms. The predicted molar refractivity (Wildman–Crippen MR) is 127 cm³/mol. The van der Waals surface area contributed by atoms with Gasteiger partial charge in [0.25, 0.3) is 5.91 Å². The first kappa shape index (κ1) is 22.0. The molecule has 4 nitrogen and oxygen atoms in total. The summed E-state index contributed by atoms with van der Waals surface area (Å²) in [6.45, 7) is 5.84. The van der Waals surface area contributed by atoms with Gasteiger partial charge in [0.15, 0.2) is 0 Å². The lowest BCUT2D eigenvalue weighted by atomic mass is 9.94. The molecule has 0 spiro atoms. The average molecular weight is 440 g/mol. The van der Waals surface area contributed by atoms with E-state index < -0.39 is 6.17 Å². The van der Waals surface area contributed by atoms with Gasteiger partial charge in [0.05, 0.1) is 5.69 Å². The molecule has 6 heteroatoms. The van der Waals surface area contributed by atoms with Crippen molar-refractivity contribution in [1.82, 2.24) is 14.7 Å². The van der Waals surface area contributed by atoms with Crippen molar-refractivity contribution in [2.24, 2.45) is 0 Å². The van der Waals surface area contributed by atoms with Crippen LogP contribution in [-0.2, 0) is 0 Å². The van der Waals surface area contributed by atoms with Crippen LogP contribution in [0.1, 0.15) is 80.2 Å². The number of nitrogens with zero attached hydrogens (tertiary/aromatic N) is 2. The number of halogens is 1. The first-order valence-corrected chi connectivity index (χ1v) is 12.3. The summed E-state index contributed by atoms with van der Waals surface area (Å²) in [6, 6.07) is 14.2. The van der Waals surface area contributed by atoms with E-state index in [2.05, 4.69) is 30.2 Å². The number of alkyl halides is 1. The van der Waals surface area contributed by atoms with Crippen LogP contribution in [0.25, 0.3) is 5.65 Å². The number of pyridine rings is 1. The smallest absolute Gasteiger partial charge is 0.251 e. The van der Waals surface area contributed by atoms with E-state index >= 15 is 0 Å². The van der Waals surface area contributed by atoms with Gasteiger partial charge >= 0.3 is 0 Å². The molecule has 4 rings (SSSR count). The van der Waals surface area contributed by atoms with Crippen LogP contribution in [0.2, 0.25) is 0 Å². The van der Waals surface area contributed by atoms with Crippen LogP contribution in [-0.4, -0.2) is 27.0 Å². The molecule has 2 atom stereocenters. The fourth-order valence-corrected chi connectivity index (χ4v) is 5.77. The van der Waals surface area contributed by atoms with Crippen molar-refractivity contribution in [3.05, 3.63) is 65.5 Å². The zero-order valence-electron chi connectivity index (χ0n) is 18.4. The van der Waals surface area contributed by atoms with Gasteiger partial charge in [-0.15, -0.1) is 0 Å². The van der Waals surface area contributed by atoms with Gasteiger partial charge in [-0.25, -0.2) is 9.37 Å². The maximum absolute atomic E-state index is 13.7. The molecule has 0 radical (unpaired) electrons. The normalized spacial score (nSPS) is 20.5. The Kier molecular flexibility index (Phi) is 6.71. The van der Waals surface area contributed by atoms with Crippen molar-refractivity contribution in [1.29, 1.82) is 0 Å². The van der Waals surface area contributed by atoms with E-state index in [-0.39, 0.29) is 11.9 Å². The third-order valence-corrected chi connectivity index (χ3v) is 7.86. The number of hydrogen-bond donors (Lipinski definition) is 1. The van der Waals surface area contributed by atoms with Gasteiger partial charge in [0.1, 0.15) is 11.8 Å². The van der Waals surface area contributed by atoms with Crippen LogP contribution in [0, 0.1) is 0 Å². The van der Waals surface area contributed by atoms with E-state index in [1.165, 1.54) is 17.9 Å². The van der Waals surface area contributed by atoms with Gasteiger partial charge in [-0.05, 0) is 74.0 Å². The van der Waals surface area contributed by atoms with Crippen molar-refractivity contribution in [2.75, 3.05) is 0 Å². The Labute approximate surface area is 185 Å². The summed E-state index contributed by atoms with van der Waals surface area (Å²) in [5, 5.41) is 3.22. The molecule has 1 N–H and O–H groups in total. The minimum Gasteiger partial charge on any atom is -0.349 e. The van der Waals surface area contributed by atoms with Gasteiger partial charge in [-0.2, -0.15) is 0 Å². The number of carbonyl (C=O) groups is 1. The van der Waals surface area contributed by atoms with Crippen molar-refractivity contribution in [2.45, 2.75) is 70.2 Å². The van der Waals surface area contributed by atoms with Gasteiger partial charge in [-0.3, -0.25) is 9.20 Å². The van der Waals surface area contributed by atoms with Gasteiger partial charge < -0.3 is 5.32 Å². The number of benzene rings is 1. The van der Waals surface area contributed by atoms with E-state index in [9.17, 15) is 9.18 Å². The molecule has 1 amide bonds. The van der Waals surface area contributed by atoms with Crippen molar-refractivity contribution in [3.8, 4) is 0 Å². The summed E-state index contributed by atoms with van der Waals surface area (Å²) in [7, 11) is 0.657. The maximum atomic E-state index is 13.7. The number of fused-ring (bicyclic) bond motifs is 1. The van der Waals surface area contributed by atoms with Crippen molar-refractivity contribution in [3.63, 3.8) is 0 Å². The maximum Gasteiger partial charge on any atom is 0.251 e. The van der Waals surface area contributed by atoms with Gasteiger partial charge in [0.2, 0.25) is 0 Å². The molecule has 0 aliphatic heterocycles. The summed E-state index contributed by atoms with van der Waals surface area (Å²) in [4.78, 5) is 17.0. The molecule has 1 fully saturated rings. The zero-order chi connectivity index (χ0) is 22.0. The highest BCUT2D eigenvalue weighted by Crippen LogP contribution is 2.33. The molecular weight excluding hydrogens is 408 g/mol. The summed E-state index contributed by atoms with van der Waals surface area (Å²) in [5.74, 6) is 0.491. The minimum atomic E-state index is -1.06. The number of imidazole rings is 1. The van der Waals surface area contributed by atoms with E-state index in [0.717, 1.165) is 36.9 Å². The SMILES string of the molecule is CC(C)c1ccc(C(=O)NC2CCC(Pc3cccc4nc(C(C)F)cn34)CC2)cc1. The molecule has 1 aliphatic carbocycles. The van der Waals surface area contributed by atoms with Crippen LogP contribution >= 0.6 is 8.58 Å². The number of carbonyl (C=O) groups excluding carboxylic acids is 1. The standard InChI is InChI=1S/C25H31FN3OP/c1-16(2)18-7-9-19(10-8-18)25(30)27-20-11-13-21(14-12-20)31-24-6-4-5-23-28-22(17(3)26)15-29(23)24/h4-10,15-17,20-21,31H,11-14H2,1-3H3,(H,27,30). The van der Waals surface area contributed by atoms with Gasteiger partial charge in [-0.1, -0.05) is 40.6 Å². The predicted octanol–water partition coefficient (Wildman–Crippen LogP) is 5.53. The highest BCUT2D eigenvalue weighted by molar-refractivity contribution is 7.47. The van der Waals surface area contributed by atoms with Crippen LogP contribution in [0.4, 0.5) is 4.39 Å². The second-order valence-electron chi connectivity index (χ2n) is 8.86. The Morgan fingerprint density at radius 1 is 1.10 bits per heavy atom. The highest BCUT2D eigenvalue weighted by Gasteiger charge is 2.24. The number of rotatable bonds is 6. The molecular formula is C25H31FN3OP. The molecule has 3 aromatic rings. The second-order valence-corrected chi connectivity index (χ2v) is 10.5. The lowest BCUT2D eigenvalue weighted by Crippen LogP contribution is -2.38. The molecule has 0 saturated heterocycles. The van der Waals surface area contributed by atoms with Crippen molar-refractivity contribution >= 4 is 25.6 Å². The Balaban J connectivity index is 1.33. The third kappa shape index (κ3) is 5.15. The van der Waals surface area contributed by atoms with E-state index in [1.54, 1.807) is 0 Å². The lowest BCUT2D eigenvalue weighted by Gasteiger charge is -2.29. The van der Waals surface area contributed by atoms with E-state index in [1.807, 2.05) is 47.0 Å². The van der Waals surface area contributed by atoms with Crippen LogP contribution in [0.3, 0.4) is 0 Å². The Hall–Kier alpha value is -2.26. The Morgan fingerprint density at radius 3 is 2.45 bits per heavy atom. The molecule has 164 valence electrons. The molecule has 1 aliphatic rings. The summed E-state index contributed by atoms with van der Waals surface area (Å²) >= 11 is 0. The number of aromatic nitrogens is 2. The Morgan fingerprint density at radius 2 is 1.81 bits per heavy atom. The number of hydrogen-bond acceptors (Lipinski definition) is 2. The van der Waals surface area contributed by atoms with Gasteiger partial charge in [0, 0.05) is 23.2 Å². The largest absolute Gasteiger partial charge is 0.349 e. The second kappa shape index (κ2) is 9.48. The summed E-state index contributed by atoms with van der Waals surface area (Å²) in [6.07, 6.45) is 4.95. The van der Waals surface area contributed by atoms with Crippen LogP contribution in [0.15, 0.2) is 48.7 Å². The fraction of sp³-hybridized carbons (Fsp3) is 0.440. The third-order valence-electron chi connectivity index (χ3n) is 6.17. The minimum absolute atomic E-state index is 0.0252. The quantitative estimate of drug-likeness (QED) is 0.513. The number of nitrogens with one attached hydrogen (secondary N) is 1. The lowest BCUT2D eigenvalue weighted by molar-refractivity contribution is 0.0928. The first-order chi connectivity index (χ1) is 14.9. The van der Waals surface area contributed by atoms with Crippen LogP contribution < -0.4 is 10.8 Å². The monoisotopic (exact) mass is 439 g/mol. The Bertz CT molecular complexity index is 1040. The summed E-state index contributed by atoms with van der Waals surface area (Å²) < 4.78 is 15.7. The zero-order valence-corrected chi connectivity index (χ0v) is 19.4. The fourth-order valence-electron chi connectivity index (χ4n) is 4.22. The summed E-state index contributed by atoms with van der Waals surface area (Å²) in [5.41, 5.74) is 5.09. The molecule has 2 heterocycles. The van der Waals surface area contributed by atoms with E-state index in [0.29, 0.717) is 25.9 Å². The topological polar surface area (TPSA) is 46.4 Å². The molecule has 0 bridgehead atoms. The average Bonchev–Trinajstić information content (AvgIpc) is 3.21. The van der Waals surface area contributed by atoms with Crippen molar-refractivity contribution < 1.29 is 9.18 Å². The molecule has 2 aromatic heterocycles. The first-order valence-electron chi connectivity index (χ1n) is 11.2. The molecule has 1 aromatic carbocycles. The molecule has 1 saturated carbocycles. The molecule has 2 unspecified atom stereocenters. The van der Waals surface area contributed by atoms with Crippen LogP contribution in [0.5, 0.6) is 0 Å². The van der Waals surface area contributed by atoms with E-state index in [4.69, 9.17) is 0 Å². The number of amides is 1.